The lowest BCUT2D eigenvalue weighted by molar-refractivity contribution is 0.437. The Morgan fingerprint density at radius 1 is 1.16 bits per heavy atom. The van der Waals surface area contributed by atoms with Crippen LogP contribution in [0, 0.1) is 0 Å². The second kappa shape index (κ2) is 7.45. The van der Waals surface area contributed by atoms with Crippen molar-refractivity contribution >= 4 is 43.9 Å². The maximum absolute atomic E-state index is 13.5. The highest BCUT2D eigenvalue weighted by Crippen LogP contribution is 2.56. The van der Waals surface area contributed by atoms with Crippen molar-refractivity contribution < 1.29 is 19.3 Å². The van der Waals surface area contributed by atoms with Crippen LogP contribution in [0.2, 0.25) is 0 Å². The predicted molar refractivity (Wildman–Crippen MR) is 123 cm³/mol. The molecular formula is C20H22N4O5S2. The van der Waals surface area contributed by atoms with Crippen molar-refractivity contribution in [1.29, 1.82) is 0 Å². The lowest BCUT2D eigenvalue weighted by atomic mass is 9.96. The Morgan fingerprint density at radius 2 is 1.94 bits per heavy atom. The van der Waals surface area contributed by atoms with Gasteiger partial charge in [-0.3, -0.25) is 13.9 Å². The molecule has 3 aromatic rings. The average Bonchev–Trinajstić information content (AvgIpc) is 3.22. The highest BCUT2D eigenvalue weighted by molar-refractivity contribution is 8.23. The first-order chi connectivity index (χ1) is 14.8. The Kier molecular flexibility index (Phi) is 4.85. The molecule has 2 aliphatic rings. The minimum absolute atomic E-state index is 0.0218. The number of phenols is 1. The Balaban J connectivity index is 1.66. The Labute approximate surface area is 183 Å². The summed E-state index contributed by atoms with van der Waals surface area (Å²) in [5.74, 6) is -0.531. The maximum atomic E-state index is 13.5. The molecule has 1 aliphatic heterocycles. The number of amidine groups is 1. The van der Waals surface area contributed by atoms with E-state index in [0.717, 1.165) is 25.7 Å². The van der Waals surface area contributed by atoms with E-state index in [2.05, 4.69) is 15.1 Å². The van der Waals surface area contributed by atoms with E-state index in [1.165, 1.54) is 40.6 Å². The van der Waals surface area contributed by atoms with Crippen LogP contribution in [0.25, 0.3) is 10.2 Å². The van der Waals surface area contributed by atoms with E-state index in [1.54, 1.807) is 11.4 Å². The van der Waals surface area contributed by atoms with Gasteiger partial charge < -0.3 is 21.0 Å². The van der Waals surface area contributed by atoms with Crippen LogP contribution in [-0.2, 0) is 0 Å². The van der Waals surface area contributed by atoms with E-state index in [-0.39, 0.29) is 33.8 Å². The zero-order chi connectivity index (χ0) is 21.8. The monoisotopic (exact) mass is 462 g/mol. The van der Waals surface area contributed by atoms with Gasteiger partial charge in [0.05, 0.1) is 15.9 Å². The van der Waals surface area contributed by atoms with Crippen LogP contribution >= 0.6 is 22.1 Å². The number of aromatic hydroxyl groups is 2. The van der Waals surface area contributed by atoms with Crippen molar-refractivity contribution in [2.45, 2.75) is 43.0 Å². The summed E-state index contributed by atoms with van der Waals surface area (Å²) in [6.45, 7) is 0. The number of fused-ring (bicyclic) bond motifs is 2. The van der Waals surface area contributed by atoms with Crippen LogP contribution < -0.4 is 16.3 Å². The summed E-state index contributed by atoms with van der Waals surface area (Å²) in [5.41, 5.74) is 3.48. The van der Waals surface area contributed by atoms with Gasteiger partial charge >= 0.3 is 0 Å². The number of hydrogen-bond acceptors (Lipinski definition) is 9. The fraction of sp³-hybridized carbons (Fsp3) is 0.300. The first-order valence-electron chi connectivity index (χ1n) is 9.95. The molecule has 0 atom stereocenters. The van der Waals surface area contributed by atoms with Crippen molar-refractivity contribution in [2.24, 2.45) is 4.40 Å². The molecule has 2 aromatic heterocycles. The summed E-state index contributed by atoms with van der Waals surface area (Å²) in [6, 6.07) is 5.96. The number of anilines is 1. The van der Waals surface area contributed by atoms with Crippen molar-refractivity contribution in [3.63, 3.8) is 0 Å². The SMILES string of the molecule is O=c1c(C2=NS(O)(O)c3cc(O)ccc3N2)c(O)c2sccc2n1NC1CCCCC1. The Bertz CT molecular complexity index is 1260. The molecule has 6 N–H and O–H groups in total. The van der Waals surface area contributed by atoms with Gasteiger partial charge in [0, 0.05) is 12.1 Å². The van der Waals surface area contributed by atoms with Gasteiger partial charge in [0.2, 0.25) is 0 Å². The van der Waals surface area contributed by atoms with Crippen molar-refractivity contribution in [3.8, 4) is 11.5 Å². The third-order valence-corrected chi connectivity index (χ3v) is 7.92. The first kappa shape index (κ1) is 20.2. The van der Waals surface area contributed by atoms with Crippen LogP contribution in [0.5, 0.6) is 11.5 Å². The summed E-state index contributed by atoms with van der Waals surface area (Å²) in [5, 5.41) is 25.3. The van der Waals surface area contributed by atoms with E-state index >= 15 is 0 Å². The third-order valence-electron chi connectivity index (χ3n) is 5.64. The second-order valence-corrected chi connectivity index (χ2v) is 10.3. The number of rotatable bonds is 3. The second-order valence-electron chi connectivity index (χ2n) is 7.73. The minimum atomic E-state index is -3.69. The molecule has 9 nitrogen and oxygen atoms in total. The molecule has 1 saturated carbocycles. The zero-order valence-corrected chi connectivity index (χ0v) is 18.0. The molecule has 0 unspecified atom stereocenters. The van der Waals surface area contributed by atoms with Crippen LogP contribution in [0.4, 0.5) is 5.69 Å². The molecule has 1 fully saturated rings. The molecule has 0 spiro atoms. The number of aromatic nitrogens is 1. The number of thiophene rings is 1. The molecule has 31 heavy (non-hydrogen) atoms. The lowest BCUT2D eigenvalue weighted by Crippen LogP contribution is -2.40. The topological polar surface area (TPSA) is 139 Å². The lowest BCUT2D eigenvalue weighted by Gasteiger charge is -2.34. The van der Waals surface area contributed by atoms with Gasteiger partial charge in [0.1, 0.15) is 16.2 Å². The summed E-state index contributed by atoms with van der Waals surface area (Å²) in [7, 11) is -3.69. The predicted octanol–water partition coefficient (Wildman–Crippen LogP) is 4.25. The molecule has 0 saturated heterocycles. The van der Waals surface area contributed by atoms with Gasteiger partial charge in [-0.25, -0.2) is 4.68 Å². The largest absolute Gasteiger partial charge is 0.508 e. The minimum Gasteiger partial charge on any atom is -0.508 e. The Morgan fingerprint density at radius 3 is 2.71 bits per heavy atom. The smallest absolute Gasteiger partial charge is 0.284 e. The molecule has 1 aromatic carbocycles. The number of phenolic OH excluding ortho intramolecular Hbond substituents is 1. The number of nitrogens with zero attached hydrogens (tertiary/aromatic N) is 2. The molecule has 0 bridgehead atoms. The van der Waals surface area contributed by atoms with Crippen LogP contribution in [0.3, 0.4) is 0 Å². The Hall–Kier alpha value is -2.73. The van der Waals surface area contributed by atoms with Crippen LogP contribution in [-0.4, -0.2) is 35.9 Å². The zero-order valence-electron chi connectivity index (χ0n) is 16.4. The van der Waals surface area contributed by atoms with Gasteiger partial charge in [-0.1, -0.05) is 30.0 Å². The van der Waals surface area contributed by atoms with Crippen molar-refractivity contribution in [2.75, 3.05) is 10.7 Å². The number of hydrogen-bond donors (Lipinski definition) is 6. The summed E-state index contributed by atoms with van der Waals surface area (Å²) in [4.78, 5) is 13.5. The molecule has 3 heterocycles. The van der Waals surface area contributed by atoms with E-state index < -0.39 is 16.3 Å². The quantitative estimate of drug-likeness (QED) is 0.320. The van der Waals surface area contributed by atoms with Crippen molar-refractivity contribution in [3.05, 3.63) is 45.6 Å². The number of pyridine rings is 1. The standard InChI is InChI=1S/C20H22N4O5S2/c25-12-6-7-13-15(10-12)31(28,29)23-19(21-13)16-17(26)18-14(8-9-30-18)24(20(16)27)22-11-4-2-1-3-5-11/h6-11,22,25-26,28-29H,1-5H2,(H,21,23). The van der Waals surface area contributed by atoms with E-state index in [4.69, 9.17) is 0 Å². The maximum Gasteiger partial charge on any atom is 0.284 e. The molecular weight excluding hydrogens is 440 g/mol. The molecule has 164 valence electrons. The normalized spacial score (nSPS) is 19.4. The molecule has 11 heteroatoms. The van der Waals surface area contributed by atoms with Gasteiger partial charge in [-0.05, 0) is 36.4 Å². The summed E-state index contributed by atoms with van der Waals surface area (Å²) >= 11 is 1.28. The summed E-state index contributed by atoms with van der Waals surface area (Å²) < 4.78 is 27.0. The van der Waals surface area contributed by atoms with E-state index in [0.29, 0.717) is 15.9 Å². The first-order valence-corrected chi connectivity index (χ1v) is 12.3. The van der Waals surface area contributed by atoms with Crippen LogP contribution in [0.15, 0.2) is 43.7 Å². The van der Waals surface area contributed by atoms with E-state index in [1.807, 2.05) is 0 Å². The molecule has 5 rings (SSSR count). The average molecular weight is 463 g/mol. The number of benzene rings is 1. The van der Waals surface area contributed by atoms with Gasteiger partial charge in [0.15, 0.2) is 11.6 Å². The highest BCUT2D eigenvalue weighted by Gasteiger charge is 2.31. The highest BCUT2D eigenvalue weighted by atomic mass is 32.3. The fourth-order valence-electron chi connectivity index (χ4n) is 4.12. The van der Waals surface area contributed by atoms with Gasteiger partial charge in [-0.2, -0.15) is 0 Å². The fourth-order valence-corrected chi connectivity index (χ4v) is 6.13. The third kappa shape index (κ3) is 3.43. The molecule has 1 aliphatic carbocycles. The molecule has 0 radical (unpaired) electrons. The van der Waals surface area contributed by atoms with Crippen LogP contribution in [0.1, 0.15) is 37.7 Å². The summed E-state index contributed by atoms with van der Waals surface area (Å²) in [6.07, 6.45) is 5.25. The van der Waals surface area contributed by atoms with Gasteiger partial charge in [0.25, 0.3) is 5.56 Å². The molecule has 0 amide bonds. The van der Waals surface area contributed by atoms with E-state index in [9.17, 15) is 24.1 Å². The number of nitrogens with one attached hydrogen (secondary N) is 2. The van der Waals surface area contributed by atoms with Crippen molar-refractivity contribution in [1.82, 2.24) is 4.68 Å². The van der Waals surface area contributed by atoms with Gasteiger partial charge in [-0.15, -0.1) is 15.7 Å².